The predicted molar refractivity (Wildman–Crippen MR) is 91.8 cm³/mol. The first-order valence-electron chi connectivity index (χ1n) is 9.55. The largest absolute Gasteiger partial charge is 0.478 e. The number of carboxylic acids is 1. The van der Waals surface area contributed by atoms with Crippen molar-refractivity contribution >= 4 is 5.97 Å². The highest BCUT2D eigenvalue weighted by Gasteiger charge is 2.32. The molecule has 2 aliphatic carbocycles. The molecule has 2 fully saturated rings. The van der Waals surface area contributed by atoms with Gasteiger partial charge in [-0.25, -0.2) is 4.79 Å². The van der Waals surface area contributed by atoms with Crippen molar-refractivity contribution in [1.29, 1.82) is 0 Å². The molecule has 1 N–H and O–H groups in total. The summed E-state index contributed by atoms with van der Waals surface area (Å²) in [6.07, 6.45) is 16.4. The lowest BCUT2D eigenvalue weighted by Gasteiger charge is -2.38. The molecular weight excluding hydrogens is 272 g/mol. The standard InChI is InChI=1S/C20H34O2/c1-3-5-6-15-7-9-16(10-8-15)17-11-13-18(14-12-17)19(4-2)20(21)22/h4,15-18H,3,5-14H2,1-2H3,(H,21,22)/t15-,16-,17-,18-. The number of hydrogen-bond acceptors (Lipinski definition) is 1. The number of aliphatic carboxylic acids is 1. The predicted octanol–water partition coefficient (Wildman–Crippen LogP) is 5.82. The zero-order valence-electron chi connectivity index (χ0n) is 14.5. The molecule has 2 saturated carbocycles. The van der Waals surface area contributed by atoms with E-state index >= 15 is 0 Å². The monoisotopic (exact) mass is 306 g/mol. The molecule has 0 radical (unpaired) electrons. The number of carbonyl (C=O) groups is 1. The molecule has 126 valence electrons. The second-order valence-corrected chi connectivity index (χ2v) is 7.58. The highest BCUT2D eigenvalue weighted by molar-refractivity contribution is 5.87. The minimum absolute atomic E-state index is 0.305. The van der Waals surface area contributed by atoms with Gasteiger partial charge in [-0.2, -0.15) is 0 Å². The molecule has 0 aromatic rings. The summed E-state index contributed by atoms with van der Waals surface area (Å²) in [5.74, 6) is 2.39. The maximum absolute atomic E-state index is 11.3. The minimum Gasteiger partial charge on any atom is -0.478 e. The Morgan fingerprint density at radius 1 is 1.00 bits per heavy atom. The SMILES string of the molecule is CC=C(C(=O)O)[C@H]1CC[C@H]([C@H]2CC[C@H](CCCC)CC2)CC1. The van der Waals surface area contributed by atoms with Crippen LogP contribution in [0, 0.1) is 23.7 Å². The van der Waals surface area contributed by atoms with E-state index in [0.717, 1.165) is 30.6 Å². The second kappa shape index (κ2) is 8.74. The molecule has 2 heteroatoms. The first-order valence-corrected chi connectivity index (χ1v) is 9.55. The lowest BCUT2D eigenvalue weighted by atomic mass is 9.68. The van der Waals surface area contributed by atoms with Crippen molar-refractivity contribution in [2.24, 2.45) is 23.7 Å². The Kier molecular flexibility index (Phi) is 6.98. The maximum Gasteiger partial charge on any atom is 0.331 e. The van der Waals surface area contributed by atoms with Crippen LogP contribution in [-0.4, -0.2) is 11.1 Å². The minimum atomic E-state index is -0.706. The average Bonchev–Trinajstić information content (AvgIpc) is 2.54. The van der Waals surface area contributed by atoms with Gasteiger partial charge in [-0.1, -0.05) is 45.1 Å². The molecule has 0 saturated heterocycles. The van der Waals surface area contributed by atoms with E-state index < -0.39 is 5.97 Å². The van der Waals surface area contributed by atoms with E-state index in [9.17, 15) is 9.90 Å². The van der Waals surface area contributed by atoms with E-state index in [0.29, 0.717) is 11.5 Å². The molecule has 0 spiro atoms. The van der Waals surface area contributed by atoms with E-state index in [-0.39, 0.29) is 0 Å². The lowest BCUT2D eigenvalue weighted by molar-refractivity contribution is -0.133. The Balaban J connectivity index is 1.75. The van der Waals surface area contributed by atoms with Crippen LogP contribution >= 0.6 is 0 Å². The molecule has 0 bridgehead atoms. The van der Waals surface area contributed by atoms with Crippen LogP contribution < -0.4 is 0 Å². The summed E-state index contributed by atoms with van der Waals surface area (Å²) in [5.41, 5.74) is 0.654. The van der Waals surface area contributed by atoms with Gasteiger partial charge in [0.15, 0.2) is 0 Å². The highest BCUT2D eigenvalue weighted by atomic mass is 16.4. The molecule has 2 rings (SSSR count). The number of rotatable bonds is 6. The first kappa shape index (κ1) is 17.6. The van der Waals surface area contributed by atoms with Crippen LogP contribution in [0.1, 0.15) is 84.5 Å². The van der Waals surface area contributed by atoms with Gasteiger partial charge in [-0.3, -0.25) is 0 Å². The first-order chi connectivity index (χ1) is 10.7. The summed E-state index contributed by atoms with van der Waals surface area (Å²) in [6, 6.07) is 0. The third-order valence-electron chi connectivity index (χ3n) is 6.29. The molecule has 22 heavy (non-hydrogen) atoms. The second-order valence-electron chi connectivity index (χ2n) is 7.58. The van der Waals surface area contributed by atoms with Gasteiger partial charge >= 0.3 is 5.97 Å². The summed E-state index contributed by atoms with van der Waals surface area (Å²) < 4.78 is 0. The molecule has 0 aliphatic heterocycles. The molecule has 0 aromatic heterocycles. The van der Waals surface area contributed by atoms with Gasteiger partial charge in [0.2, 0.25) is 0 Å². The van der Waals surface area contributed by atoms with Crippen molar-refractivity contribution < 1.29 is 9.90 Å². The number of allylic oxidation sites excluding steroid dienone is 1. The van der Waals surface area contributed by atoms with Crippen LogP contribution in [-0.2, 0) is 4.79 Å². The third kappa shape index (κ3) is 4.60. The van der Waals surface area contributed by atoms with Gasteiger partial charge in [-0.15, -0.1) is 0 Å². The summed E-state index contributed by atoms with van der Waals surface area (Å²) in [4.78, 5) is 11.3. The summed E-state index contributed by atoms with van der Waals surface area (Å²) >= 11 is 0. The van der Waals surface area contributed by atoms with Gasteiger partial charge in [0, 0.05) is 5.57 Å². The quantitative estimate of drug-likeness (QED) is 0.628. The average molecular weight is 306 g/mol. The Morgan fingerprint density at radius 2 is 1.55 bits per heavy atom. The fourth-order valence-electron chi connectivity index (χ4n) is 4.88. The van der Waals surface area contributed by atoms with Crippen molar-refractivity contribution in [3.63, 3.8) is 0 Å². The fourth-order valence-corrected chi connectivity index (χ4v) is 4.88. The Labute approximate surface area is 136 Å². The topological polar surface area (TPSA) is 37.3 Å². The van der Waals surface area contributed by atoms with Gasteiger partial charge in [0.25, 0.3) is 0 Å². The molecule has 0 unspecified atom stereocenters. The van der Waals surface area contributed by atoms with Gasteiger partial charge in [0.05, 0.1) is 0 Å². The van der Waals surface area contributed by atoms with Gasteiger partial charge in [0.1, 0.15) is 0 Å². The Bertz CT molecular complexity index is 369. The van der Waals surface area contributed by atoms with Crippen molar-refractivity contribution in [3.8, 4) is 0 Å². The molecule has 0 atom stereocenters. The Hall–Kier alpha value is -0.790. The molecule has 0 heterocycles. The van der Waals surface area contributed by atoms with Crippen molar-refractivity contribution in [1.82, 2.24) is 0 Å². The van der Waals surface area contributed by atoms with Crippen molar-refractivity contribution in [2.75, 3.05) is 0 Å². The molecule has 2 nitrogen and oxygen atoms in total. The third-order valence-corrected chi connectivity index (χ3v) is 6.29. The lowest BCUT2D eigenvalue weighted by Crippen LogP contribution is -2.27. The van der Waals surface area contributed by atoms with Crippen LogP contribution in [0.25, 0.3) is 0 Å². The highest BCUT2D eigenvalue weighted by Crippen LogP contribution is 2.43. The zero-order chi connectivity index (χ0) is 15.9. The smallest absolute Gasteiger partial charge is 0.331 e. The van der Waals surface area contributed by atoms with Crippen molar-refractivity contribution in [3.05, 3.63) is 11.6 Å². The van der Waals surface area contributed by atoms with E-state index in [2.05, 4.69) is 6.92 Å². The summed E-state index contributed by atoms with van der Waals surface area (Å²) in [7, 11) is 0. The van der Waals surface area contributed by atoms with Crippen LogP contribution in [0.15, 0.2) is 11.6 Å². The van der Waals surface area contributed by atoms with E-state index in [1.165, 1.54) is 57.8 Å². The fraction of sp³-hybridized carbons (Fsp3) is 0.850. The van der Waals surface area contributed by atoms with Crippen LogP contribution in [0.5, 0.6) is 0 Å². The Morgan fingerprint density at radius 3 is 2.00 bits per heavy atom. The molecule has 0 amide bonds. The number of carboxylic acid groups (broad SMARTS) is 1. The van der Waals surface area contributed by atoms with Crippen molar-refractivity contribution in [2.45, 2.75) is 84.5 Å². The molecular formula is C20H34O2. The van der Waals surface area contributed by atoms with Crippen LogP contribution in [0.3, 0.4) is 0 Å². The van der Waals surface area contributed by atoms with E-state index in [1.54, 1.807) is 0 Å². The van der Waals surface area contributed by atoms with Crippen LogP contribution in [0.4, 0.5) is 0 Å². The van der Waals surface area contributed by atoms with Crippen LogP contribution in [0.2, 0.25) is 0 Å². The van der Waals surface area contributed by atoms with E-state index in [1.807, 2.05) is 13.0 Å². The zero-order valence-corrected chi connectivity index (χ0v) is 14.5. The van der Waals surface area contributed by atoms with Gasteiger partial charge in [-0.05, 0) is 69.1 Å². The molecule has 0 aromatic carbocycles. The summed E-state index contributed by atoms with van der Waals surface area (Å²) in [6.45, 7) is 4.16. The number of hydrogen-bond donors (Lipinski definition) is 1. The summed E-state index contributed by atoms with van der Waals surface area (Å²) in [5, 5.41) is 9.27. The maximum atomic E-state index is 11.3. The molecule has 2 aliphatic rings. The van der Waals surface area contributed by atoms with Gasteiger partial charge < -0.3 is 5.11 Å². The number of unbranched alkanes of at least 4 members (excludes halogenated alkanes) is 1. The van der Waals surface area contributed by atoms with E-state index in [4.69, 9.17) is 0 Å². The normalized spacial score (nSPS) is 33.6.